The smallest absolute Gasteiger partial charge is 0.318 e. The molecule has 0 radical (unpaired) electrons. The number of hydrogen-bond donors (Lipinski definition) is 2. The summed E-state index contributed by atoms with van der Waals surface area (Å²) < 4.78 is 10.5. The van der Waals surface area contributed by atoms with Gasteiger partial charge in [0.25, 0.3) is 5.56 Å². The first-order valence-electron chi connectivity index (χ1n) is 8.40. The molecule has 0 bridgehead atoms. The molecule has 0 aliphatic heterocycles. The predicted molar refractivity (Wildman–Crippen MR) is 99.8 cm³/mol. The van der Waals surface area contributed by atoms with Gasteiger partial charge in [-0.25, -0.2) is 9.78 Å². The lowest BCUT2D eigenvalue weighted by Crippen LogP contribution is -2.48. The van der Waals surface area contributed by atoms with Gasteiger partial charge >= 0.3 is 6.03 Å². The van der Waals surface area contributed by atoms with Gasteiger partial charge in [0, 0.05) is 18.2 Å². The Morgan fingerprint density at radius 3 is 2.38 bits per heavy atom. The van der Waals surface area contributed by atoms with Gasteiger partial charge in [-0.3, -0.25) is 4.79 Å². The monoisotopic (exact) mass is 362 g/mol. The van der Waals surface area contributed by atoms with E-state index in [0.29, 0.717) is 34.8 Å². The van der Waals surface area contributed by atoms with Crippen LogP contribution in [0.1, 0.15) is 33.5 Å². The number of methoxy groups -OCH3 is 2. The fraction of sp³-hybridized carbons (Fsp3) is 0.500. The molecule has 0 saturated heterocycles. The molecule has 0 spiro atoms. The van der Waals surface area contributed by atoms with Gasteiger partial charge in [-0.05, 0) is 33.8 Å². The third kappa shape index (κ3) is 4.44. The van der Waals surface area contributed by atoms with Crippen LogP contribution in [-0.4, -0.2) is 47.2 Å². The number of amides is 2. The van der Waals surface area contributed by atoms with E-state index in [9.17, 15) is 9.59 Å². The molecule has 0 fully saturated rings. The molecule has 0 aliphatic rings. The van der Waals surface area contributed by atoms with Gasteiger partial charge < -0.3 is 24.7 Å². The highest BCUT2D eigenvalue weighted by atomic mass is 16.5. The van der Waals surface area contributed by atoms with Gasteiger partial charge in [-0.1, -0.05) is 0 Å². The molecule has 1 heterocycles. The van der Waals surface area contributed by atoms with Gasteiger partial charge in [0.05, 0.1) is 31.7 Å². The Kier molecular flexibility index (Phi) is 5.74. The SMILES string of the molecule is CCN(Cc1nc2cc(OC)c(OC)cc2c(=O)[nH]1)C(=O)NC(C)(C)C. The van der Waals surface area contributed by atoms with Crippen molar-refractivity contribution < 1.29 is 14.3 Å². The van der Waals surface area contributed by atoms with E-state index in [0.717, 1.165) is 0 Å². The minimum atomic E-state index is -0.349. The number of H-pyrrole nitrogens is 1. The summed E-state index contributed by atoms with van der Waals surface area (Å²) in [6, 6.07) is 3.03. The van der Waals surface area contributed by atoms with Gasteiger partial charge in [0.1, 0.15) is 5.82 Å². The molecular weight excluding hydrogens is 336 g/mol. The van der Waals surface area contributed by atoms with Gasteiger partial charge in [-0.2, -0.15) is 0 Å². The number of nitrogens with zero attached hydrogens (tertiary/aromatic N) is 2. The first kappa shape index (κ1) is 19.6. The number of aromatic nitrogens is 2. The van der Waals surface area contributed by atoms with Gasteiger partial charge in [0.2, 0.25) is 0 Å². The van der Waals surface area contributed by atoms with Crippen LogP contribution in [0, 0.1) is 0 Å². The molecule has 26 heavy (non-hydrogen) atoms. The van der Waals surface area contributed by atoms with E-state index < -0.39 is 0 Å². The maximum absolute atomic E-state index is 12.4. The molecule has 142 valence electrons. The van der Waals surface area contributed by atoms with Crippen molar-refractivity contribution in [2.24, 2.45) is 0 Å². The minimum absolute atomic E-state index is 0.192. The van der Waals surface area contributed by atoms with Crippen molar-refractivity contribution in [3.63, 3.8) is 0 Å². The number of ether oxygens (including phenoxy) is 2. The molecule has 0 saturated carbocycles. The van der Waals surface area contributed by atoms with E-state index >= 15 is 0 Å². The number of hydrogen-bond acceptors (Lipinski definition) is 5. The van der Waals surface area contributed by atoms with Crippen molar-refractivity contribution in [2.45, 2.75) is 39.8 Å². The molecule has 0 unspecified atom stereocenters. The number of rotatable bonds is 5. The molecule has 0 aliphatic carbocycles. The van der Waals surface area contributed by atoms with Crippen molar-refractivity contribution in [2.75, 3.05) is 20.8 Å². The average molecular weight is 362 g/mol. The molecule has 2 rings (SSSR count). The van der Waals surface area contributed by atoms with E-state index in [-0.39, 0.29) is 23.7 Å². The standard InChI is InChI=1S/C18H26N4O4/c1-7-22(17(24)21-18(2,3)4)10-15-19-12-9-14(26-6)13(25-5)8-11(12)16(23)20-15/h8-9H,7,10H2,1-6H3,(H,21,24)(H,19,20,23). The molecule has 1 aromatic heterocycles. The van der Waals surface area contributed by atoms with E-state index in [4.69, 9.17) is 9.47 Å². The maximum atomic E-state index is 12.4. The van der Waals surface area contributed by atoms with Crippen molar-refractivity contribution in [1.82, 2.24) is 20.2 Å². The minimum Gasteiger partial charge on any atom is -0.493 e. The number of carbonyl (C=O) groups is 1. The molecular formula is C18H26N4O4. The number of urea groups is 1. The first-order chi connectivity index (χ1) is 12.2. The number of benzene rings is 1. The fourth-order valence-corrected chi connectivity index (χ4v) is 2.50. The summed E-state index contributed by atoms with van der Waals surface area (Å²) in [7, 11) is 3.03. The van der Waals surface area contributed by atoms with Crippen LogP contribution in [0.5, 0.6) is 11.5 Å². The van der Waals surface area contributed by atoms with E-state index in [1.165, 1.54) is 14.2 Å². The quantitative estimate of drug-likeness (QED) is 0.850. The second kappa shape index (κ2) is 7.63. The highest BCUT2D eigenvalue weighted by Gasteiger charge is 2.20. The van der Waals surface area contributed by atoms with E-state index in [2.05, 4.69) is 15.3 Å². The Labute approximate surface area is 152 Å². The average Bonchev–Trinajstić information content (AvgIpc) is 2.56. The lowest BCUT2D eigenvalue weighted by molar-refractivity contribution is 0.187. The number of carbonyl (C=O) groups excluding carboxylic acids is 1. The van der Waals surface area contributed by atoms with E-state index in [1.54, 1.807) is 17.0 Å². The zero-order valence-corrected chi connectivity index (χ0v) is 16.1. The maximum Gasteiger partial charge on any atom is 0.318 e. The Hall–Kier alpha value is -2.77. The fourth-order valence-electron chi connectivity index (χ4n) is 2.50. The van der Waals surface area contributed by atoms with Crippen LogP contribution in [0.4, 0.5) is 4.79 Å². The molecule has 8 heteroatoms. The van der Waals surface area contributed by atoms with Crippen LogP contribution in [0.2, 0.25) is 0 Å². The summed E-state index contributed by atoms with van der Waals surface area (Å²) in [5, 5.41) is 3.30. The summed E-state index contributed by atoms with van der Waals surface area (Å²) in [5.74, 6) is 1.35. The zero-order valence-electron chi connectivity index (χ0n) is 16.1. The molecule has 2 N–H and O–H groups in total. The van der Waals surface area contributed by atoms with Gasteiger partial charge in [0.15, 0.2) is 11.5 Å². The topological polar surface area (TPSA) is 96.6 Å². The summed E-state index contributed by atoms with van der Waals surface area (Å²) in [6.45, 7) is 8.28. The van der Waals surface area contributed by atoms with Crippen molar-refractivity contribution in [3.8, 4) is 11.5 Å². The highest BCUT2D eigenvalue weighted by Crippen LogP contribution is 2.29. The molecule has 2 amide bonds. The largest absolute Gasteiger partial charge is 0.493 e. The third-order valence-corrected chi connectivity index (χ3v) is 3.75. The molecule has 2 aromatic rings. The Morgan fingerprint density at radius 2 is 1.85 bits per heavy atom. The number of aromatic amines is 1. The predicted octanol–water partition coefficient (Wildman–Crippen LogP) is 2.27. The Bertz CT molecular complexity index is 855. The summed E-state index contributed by atoms with van der Waals surface area (Å²) in [6.07, 6.45) is 0. The number of nitrogens with one attached hydrogen (secondary N) is 2. The lowest BCUT2D eigenvalue weighted by atomic mass is 10.1. The Morgan fingerprint density at radius 1 is 1.23 bits per heavy atom. The van der Waals surface area contributed by atoms with Crippen LogP contribution in [0.25, 0.3) is 10.9 Å². The second-order valence-electron chi connectivity index (χ2n) is 6.93. The number of fused-ring (bicyclic) bond motifs is 1. The van der Waals surface area contributed by atoms with Crippen LogP contribution in [0.15, 0.2) is 16.9 Å². The Balaban J connectivity index is 2.38. The lowest BCUT2D eigenvalue weighted by Gasteiger charge is -2.27. The van der Waals surface area contributed by atoms with Crippen LogP contribution < -0.4 is 20.3 Å². The summed E-state index contributed by atoms with van der Waals surface area (Å²) >= 11 is 0. The summed E-state index contributed by atoms with van der Waals surface area (Å²) in [4.78, 5) is 33.6. The normalized spacial score (nSPS) is 11.3. The molecule has 0 atom stereocenters. The van der Waals surface area contributed by atoms with Gasteiger partial charge in [-0.15, -0.1) is 0 Å². The zero-order chi connectivity index (χ0) is 19.5. The molecule has 8 nitrogen and oxygen atoms in total. The first-order valence-corrected chi connectivity index (χ1v) is 8.40. The van der Waals surface area contributed by atoms with Crippen LogP contribution >= 0.6 is 0 Å². The van der Waals surface area contributed by atoms with Crippen LogP contribution in [0.3, 0.4) is 0 Å². The molecule has 1 aromatic carbocycles. The van der Waals surface area contributed by atoms with E-state index in [1.807, 2.05) is 27.7 Å². The van der Waals surface area contributed by atoms with Crippen molar-refractivity contribution >= 4 is 16.9 Å². The summed E-state index contributed by atoms with van der Waals surface area (Å²) in [5.41, 5.74) is -0.162. The van der Waals surface area contributed by atoms with Crippen molar-refractivity contribution in [3.05, 3.63) is 28.3 Å². The third-order valence-electron chi connectivity index (χ3n) is 3.75. The second-order valence-corrected chi connectivity index (χ2v) is 6.93. The van der Waals surface area contributed by atoms with Crippen LogP contribution in [-0.2, 0) is 6.54 Å². The van der Waals surface area contributed by atoms with Crippen molar-refractivity contribution in [1.29, 1.82) is 0 Å². The highest BCUT2D eigenvalue weighted by molar-refractivity contribution is 5.82.